The highest BCUT2D eigenvalue weighted by Crippen LogP contribution is 2.13. The van der Waals surface area contributed by atoms with Crippen molar-refractivity contribution in [2.45, 2.75) is 45.8 Å². The summed E-state index contributed by atoms with van der Waals surface area (Å²) >= 11 is 0. The van der Waals surface area contributed by atoms with E-state index in [1.54, 1.807) is 6.92 Å². The molecule has 0 bridgehead atoms. The number of hydrogen-bond acceptors (Lipinski definition) is 4. The van der Waals surface area contributed by atoms with Crippen molar-refractivity contribution in [1.82, 2.24) is 0 Å². The van der Waals surface area contributed by atoms with Crippen LogP contribution in [0, 0.1) is 0 Å². The Morgan fingerprint density at radius 1 is 1.43 bits per heavy atom. The van der Waals surface area contributed by atoms with Crippen LogP contribution < -0.4 is 5.73 Å². The predicted molar refractivity (Wildman–Crippen MR) is 54.9 cm³/mol. The molecule has 14 heavy (non-hydrogen) atoms. The lowest BCUT2D eigenvalue weighted by Gasteiger charge is -2.25. The lowest BCUT2D eigenvalue weighted by molar-refractivity contribution is -0.166. The maximum absolute atomic E-state index is 11.4. The van der Waals surface area contributed by atoms with Gasteiger partial charge in [0.05, 0.1) is 12.2 Å². The van der Waals surface area contributed by atoms with Gasteiger partial charge in [-0.25, -0.2) is 4.79 Å². The average molecular weight is 203 g/mol. The van der Waals surface area contributed by atoms with E-state index in [1.807, 2.05) is 20.8 Å². The molecule has 4 nitrogen and oxygen atoms in total. The number of carbonyl (C=O) groups excluding carboxylic acids is 1. The summed E-state index contributed by atoms with van der Waals surface area (Å²) in [4.78, 5) is 11.4. The highest BCUT2D eigenvalue weighted by atomic mass is 16.6. The number of rotatable bonds is 5. The first-order valence-corrected chi connectivity index (χ1v) is 4.95. The molecule has 0 unspecified atom stereocenters. The molecule has 2 N–H and O–H groups in total. The summed E-state index contributed by atoms with van der Waals surface area (Å²) in [6.45, 7) is 8.25. The van der Waals surface area contributed by atoms with Gasteiger partial charge in [0.2, 0.25) is 0 Å². The third-order valence-corrected chi connectivity index (χ3v) is 1.47. The molecule has 1 atom stereocenters. The SMILES string of the molecule is CCOC(=O)[C@H](CCN)OC(C)(C)C. The Morgan fingerprint density at radius 2 is 2.00 bits per heavy atom. The van der Waals surface area contributed by atoms with Crippen LogP contribution in [-0.4, -0.2) is 30.8 Å². The molecule has 0 aliphatic carbocycles. The van der Waals surface area contributed by atoms with Crippen molar-refractivity contribution in [3.63, 3.8) is 0 Å². The van der Waals surface area contributed by atoms with Gasteiger partial charge >= 0.3 is 5.97 Å². The van der Waals surface area contributed by atoms with Gasteiger partial charge in [-0.15, -0.1) is 0 Å². The van der Waals surface area contributed by atoms with Crippen molar-refractivity contribution in [2.24, 2.45) is 5.73 Å². The van der Waals surface area contributed by atoms with E-state index in [4.69, 9.17) is 15.2 Å². The van der Waals surface area contributed by atoms with Gasteiger partial charge in [0, 0.05) is 0 Å². The quantitative estimate of drug-likeness (QED) is 0.679. The van der Waals surface area contributed by atoms with Gasteiger partial charge in [0.25, 0.3) is 0 Å². The Morgan fingerprint density at radius 3 is 2.36 bits per heavy atom. The van der Waals surface area contributed by atoms with Crippen LogP contribution in [0.1, 0.15) is 34.1 Å². The molecule has 0 saturated heterocycles. The first-order chi connectivity index (χ1) is 6.40. The van der Waals surface area contributed by atoms with Gasteiger partial charge in [-0.05, 0) is 40.7 Å². The van der Waals surface area contributed by atoms with Crippen molar-refractivity contribution in [3.8, 4) is 0 Å². The van der Waals surface area contributed by atoms with E-state index in [0.29, 0.717) is 19.6 Å². The molecule has 0 fully saturated rings. The van der Waals surface area contributed by atoms with Gasteiger partial charge in [-0.2, -0.15) is 0 Å². The highest BCUT2D eigenvalue weighted by Gasteiger charge is 2.25. The first-order valence-electron chi connectivity index (χ1n) is 4.95. The molecular weight excluding hydrogens is 182 g/mol. The Hall–Kier alpha value is -0.610. The number of carbonyl (C=O) groups is 1. The predicted octanol–water partition coefficient (Wildman–Crippen LogP) is 1.08. The molecule has 4 heteroatoms. The minimum atomic E-state index is -0.542. The normalized spacial score (nSPS) is 13.8. The minimum Gasteiger partial charge on any atom is -0.464 e. The summed E-state index contributed by atoms with van der Waals surface area (Å²) < 4.78 is 10.4. The summed E-state index contributed by atoms with van der Waals surface area (Å²) in [6, 6.07) is 0. The molecule has 0 amide bonds. The second kappa shape index (κ2) is 5.98. The zero-order chi connectivity index (χ0) is 11.2. The van der Waals surface area contributed by atoms with Gasteiger partial charge in [-0.3, -0.25) is 0 Å². The van der Waals surface area contributed by atoms with Crippen molar-refractivity contribution < 1.29 is 14.3 Å². The molecule has 0 radical (unpaired) electrons. The van der Waals surface area contributed by atoms with E-state index >= 15 is 0 Å². The largest absolute Gasteiger partial charge is 0.464 e. The minimum absolute atomic E-state index is 0.326. The number of esters is 1. The topological polar surface area (TPSA) is 61.5 Å². The maximum Gasteiger partial charge on any atom is 0.335 e. The van der Waals surface area contributed by atoms with Gasteiger partial charge in [0.15, 0.2) is 6.10 Å². The van der Waals surface area contributed by atoms with Crippen LogP contribution >= 0.6 is 0 Å². The van der Waals surface area contributed by atoms with Crippen LogP contribution in [0.4, 0.5) is 0 Å². The van der Waals surface area contributed by atoms with Crippen molar-refractivity contribution in [3.05, 3.63) is 0 Å². The summed E-state index contributed by atoms with van der Waals surface area (Å²) in [5.74, 6) is -0.326. The van der Waals surface area contributed by atoms with Crippen LogP contribution in [0.15, 0.2) is 0 Å². The lowest BCUT2D eigenvalue weighted by atomic mass is 10.1. The fourth-order valence-electron chi connectivity index (χ4n) is 1.04. The first kappa shape index (κ1) is 13.4. The van der Waals surface area contributed by atoms with Gasteiger partial charge < -0.3 is 15.2 Å². The van der Waals surface area contributed by atoms with Gasteiger partial charge in [0.1, 0.15) is 0 Å². The Kier molecular flexibility index (Phi) is 5.72. The molecule has 84 valence electrons. The molecule has 0 aromatic rings. The maximum atomic E-state index is 11.4. The zero-order valence-electron chi connectivity index (χ0n) is 9.50. The number of nitrogens with two attached hydrogens (primary N) is 1. The van der Waals surface area contributed by atoms with E-state index in [0.717, 1.165) is 0 Å². The molecule has 0 heterocycles. The summed E-state index contributed by atoms with van der Waals surface area (Å²) in [5.41, 5.74) is 5.04. The molecule has 0 spiro atoms. The Bertz CT molecular complexity index is 175. The smallest absolute Gasteiger partial charge is 0.335 e. The highest BCUT2D eigenvalue weighted by molar-refractivity contribution is 5.74. The van der Waals surface area contributed by atoms with Crippen molar-refractivity contribution in [1.29, 1.82) is 0 Å². The fourth-order valence-corrected chi connectivity index (χ4v) is 1.04. The lowest BCUT2D eigenvalue weighted by Crippen LogP contribution is -2.36. The molecule has 0 aromatic carbocycles. The molecule has 0 saturated carbocycles. The summed E-state index contributed by atoms with van der Waals surface area (Å²) in [7, 11) is 0. The second-order valence-corrected chi connectivity index (χ2v) is 4.05. The van der Waals surface area contributed by atoms with E-state index in [9.17, 15) is 4.79 Å². The molecule has 0 rings (SSSR count). The fraction of sp³-hybridized carbons (Fsp3) is 0.900. The van der Waals surface area contributed by atoms with E-state index in [1.165, 1.54) is 0 Å². The van der Waals surface area contributed by atoms with Crippen molar-refractivity contribution in [2.75, 3.05) is 13.2 Å². The van der Waals surface area contributed by atoms with Crippen molar-refractivity contribution >= 4 is 5.97 Å². The molecule has 0 aliphatic rings. The zero-order valence-corrected chi connectivity index (χ0v) is 9.50. The second-order valence-electron chi connectivity index (χ2n) is 4.05. The van der Waals surface area contributed by atoms with Crippen LogP contribution in [-0.2, 0) is 14.3 Å². The van der Waals surface area contributed by atoms with Gasteiger partial charge in [-0.1, -0.05) is 0 Å². The van der Waals surface area contributed by atoms with E-state index in [2.05, 4.69) is 0 Å². The standard InChI is InChI=1S/C10H21NO3/c1-5-13-9(12)8(6-7-11)14-10(2,3)4/h8H,5-7,11H2,1-4H3/t8-/m0/s1. The van der Waals surface area contributed by atoms with Crippen LogP contribution in [0.25, 0.3) is 0 Å². The monoisotopic (exact) mass is 203 g/mol. The number of hydrogen-bond donors (Lipinski definition) is 1. The molecule has 0 aromatic heterocycles. The Labute approximate surface area is 85.8 Å². The van der Waals surface area contributed by atoms with E-state index in [-0.39, 0.29) is 11.6 Å². The summed E-state index contributed by atoms with van der Waals surface area (Å²) in [5, 5.41) is 0. The molecular formula is C10H21NO3. The van der Waals surface area contributed by atoms with Crippen LogP contribution in [0.2, 0.25) is 0 Å². The summed E-state index contributed by atoms with van der Waals surface area (Å²) in [6.07, 6.45) is -0.0456. The third kappa shape index (κ3) is 5.94. The third-order valence-electron chi connectivity index (χ3n) is 1.47. The van der Waals surface area contributed by atoms with Crippen LogP contribution in [0.3, 0.4) is 0 Å². The number of ether oxygens (including phenoxy) is 2. The molecule has 0 aliphatic heterocycles. The van der Waals surface area contributed by atoms with Crippen LogP contribution in [0.5, 0.6) is 0 Å². The Balaban J connectivity index is 4.21. The van der Waals surface area contributed by atoms with E-state index < -0.39 is 6.10 Å². The average Bonchev–Trinajstić information content (AvgIpc) is 2.01.